The summed E-state index contributed by atoms with van der Waals surface area (Å²) in [7, 11) is 0. The number of nitrogens with zero attached hydrogens (tertiary/aromatic N) is 2. The zero-order chi connectivity index (χ0) is 26.4. The van der Waals surface area contributed by atoms with Gasteiger partial charge in [-0.05, 0) is 44.2 Å². The summed E-state index contributed by atoms with van der Waals surface area (Å²) in [6, 6.07) is 12.1. The van der Waals surface area contributed by atoms with Gasteiger partial charge in [0.05, 0.1) is 18.3 Å². The van der Waals surface area contributed by atoms with E-state index in [0.29, 0.717) is 24.4 Å². The van der Waals surface area contributed by atoms with Crippen LogP contribution in [0, 0.1) is 0 Å². The summed E-state index contributed by atoms with van der Waals surface area (Å²) in [6.07, 6.45) is 25.6. The number of rotatable bonds is 18. The van der Waals surface area contributed by atoms with Gasteiger partial charge < -0.3 is 10.1 Å². The second-order valence-corrected chi connectivity index (χ2v) is 9.67. The van der Waals surface area contributed by atoms with E-state index in [1.54, 1.807) is 6.20 Å². The maximum atomic E-state index is 12.1. The van der Waals surface area contributed by atoms with Crippen LogP contribution in [0.4, 0.5) is 0 Å². The van der Waals surface area contributed by atoms with E-state index in [-0.39, 0.29) is 12.4 Å². The summed E-state index contributed by atoms with van der Waals surface area (Å²) < 4.78 is 0. The van der Waals surface area contributed by atoms with E-state index in [0.717, 1.165) is 18.4 Å². The van der Waals surface area contributed by atoms with E-state index >= 15 is 0 Å². The molecule has 1 aromatic carbocycles. The Morgan fingerprint density at radius 3 is 2.19 bits per heavy atom. The SMILES string of the molecule is CCCCCCCC/C=C\CCCCCCCC(=O)c1cnc(CCO)[nH]1.c1ccc2ncccc2c1. The average molecular weight is 506 g/mol. The van der Waals surface area contributed by atoms with Crippen molar-refractivity contribution in [1.82, 2.24) is 15.0 Å². The molecule has 2 aromatic heterocycles. The van der Waals surface area contributed by atoms with Crippen molar-refractivity contribution in [3.05, 3.63) is 72.5 Å². The number of aliphatic hydroxyl groups excluding tert-OH is 1. The van der Waals surface area contributed by atoms with Crippen LogP contribution >= 0.6 is 0 Å². The van der Waals surface area contributed by atoms with Gasteiger partial charge in [-0.3, -0.25) is 9.78 Å². The third-order valence-corrected chi connectivity index (χ3v) is 6.46. The summed E-state index contributed by atoms with van der Waals surface area (Å²) in [5, 5.41) is 10.1. The van der Waals surface area contributed by atoms with Crippen molar-refractivity contribution >= 4 is 16.7 Å². The molecule has 0 atom stereocenters. The summed E-state index contributed by atoms with van der Waals surface area (Å²) in [5.41, 5.74) is 1.64. The van der Waals surface area contributed by atoms with E-state index in [2.05, 4.69) is 46.2 Å². The molecule has 0 unspecified atom stereocenters. The highest BCUT2D eigenvalue weighted by Crippen LogP contribution is 2.12. The number of imidazole rings is 1. The number of aromatic amines is 1. The molecule has 0 saturated heterocycles. The first kappa shape index (κ1) is 30.4. The lowest BCUT2D eigenvalue weighted by molar-refractivity contribution is 0.0974. The molecule has 5 nitrogen and oxygen atoms in total. The van der Waals surface area contributed by atoms with Gasteiger partial charge in [0.25, 0.3) is 0 Å². The quantitative estimate of drug-likeness (QED) is 0.103. The Morgan fingerprint density at radius 1 is 0.838 bits per heavy atom. The molecule has 0 saturated carbocycles. The van der Waals surface area contributed by atoms with Gasteiger partial charge in [-0.2, -0.15) is 0 Å². The number of H-pyrrole nitrogens is 1. The Hall–Kier alpha value is -2.79. The van der Waals surface area contributed by atoms with Gasteiger partial charge in [0, 0.05) is 24.4 Å². The summed E-state index contributed by atoms with van der Waals surface area (Å²) >= 11 is 0. The minimum atomic E-state index is 0.0510. The van der Waals surface area contributed by atoms with Gasteiger partial charge >= 0.3 is 0 Å². The van der Waals surface area contributed by atoms with Gasteiger partial charge in [0.1, 0.15) is 11.5 Å². The van der Waals surface area contributed by atoms with Crippen LogP contribution in [0.25, 0.3) is 10.9 Å². The Kier molecular flexibility index (Phi) is 16.7. The maximum absolute atomic E-state index is 12.1. The highest BCUT2D eigenvalue weighted by Gasteiger charge is 2.09. The predicted molar refractivity (Wildman–Crippen MR) is 155 cm³/mol. The number of ketones is 1. The average Bonchev–Trinajstić information content (AvgIpc) is 3.40. The molecule has 0 amide bonds. The van der Waals surface area contributed by atoms with Gasteiger partial charge in [0.15, 0.2) is 5.78 Å². The zero-order valence-electron chi connectivity index (χ0n) is 22.8. The number of hydrogen-bond acceptors (Lipinski definition) is 4. The molecule has 0 radical (unpaired) electrons. The van der Waals surface area contributed by atoms with Crippen molar-refractivity contribution in [1.29, 1.82) is 0 Å². The third-order valence-electron chi connectivity index (χ3n) is 6.46. The molecule has 3 aromatic rings. The van der Waals surface area contributed by atoms with Crippen LogP contribution in [0.2, 0.25) is 0 Å². The number of nitrogens with one attached hydrogen (secondary N) is 1. The number of para-hydroxylation sites is 1. The van der Waals surface area contributed by atoms with Crippen LogP contribution in [-0.2, 0) is 6.42 Å². The summed E-state index contributed by atoms with van der Waals surface area (Å²) in [4.78, 5) is 23.3. The first-order chi connectivity index (χ1) is 18.2. The number of unbranched alkanes of at least 4 members (excludes halogenated alkanes) is 11. The number of allylic oxidation sites excluding steroid dienone is 2. The summed E-state index contributed by atoms with van der Waals surface area (Å²) in [5.74, 6) is 0.815. The van der Waals surface area contributed by atoms with Gasteiger partial charge in [-0.15, -0.1) is 0 Å². The van der Waals surface area contributed by atoms with Crippen molar-refractivity contribution in [3.63, 3.8) is 0 Å². The van der Waals surface area contributed by atoms with E-state index in [9.17, 15) is 4.79 Å². The number of carbonyl (C=O) groups excluding carboxylic acids is 1. The zero-order valence-corrected chi connectivity index (χ0v) is 22.8. The normalized spacial score (nSPS) is 11.1. The van der Waals surface area contributed by atoms with Crippen molar-refractivity contribution < 1.29 is 9.90 Å². The minimum absolute atomic E-state index is 0.0510. The molecule has 37 heavy (non-hydrogen) atoms. The fraction of sp³-hybridized carbons (Fsp3) is 0.531. The Bertz CT molecular complexity index is 946. The molecule has 0 aliphatic heterocycles. The topological polar surface area (TPSA) is 78.9 Å². The lowest BCUT2D eigenvalue weighted by Crippen LogP contribution is -2.00. The molecule has 0 bridgehead atoms. The Morgan fingerprint density at radius 2 is 1.49 bits per heavy atom. The number of aliphatic hydroxyl groups is 1. The van der Waals surface area contributed by atoms with E-state index < -0.39 is 0 Å². The minimum Gasteiger partial charge on any atom is -0.396 e. The smallest absolute Gasteiger partial charge is 0.180 e. The highest BCUT2D eigenvalue weighted by atomic mass is 16.3. The second-order valence-electron chi connectivity index (χ2n) is 9.67. The molecular formula is C32H47N3O2. The first-order valence-electron chi connectivity index (χ1n) is 14.4. The monoisotopic (exact) mass is 505 g/mol. The Balaban J connectivity index is 0.000000394. The van der Waals surface area contributed by atoms with Gasteiger partial charge in [0.2, 0.25) is 0 Å². The first-order valence-corrected chi connectivity index (χ1v) is 14.4. The number of fused-ring (bicyclic) bond motifs is 1. The van der Waals surface area contributed by atoms with E-state index in [4.69, 9.17) is 5.11 Å². The molecule has 0 fully saturated rings. The summed E-state index contributed by atoms with van der Waals surface area (Å²) in [6.45, 7) is 2.31. The van der Waals surface area contributed by atoms with E-state index in [1.165, 1.54) is 76.0 Å². The largest absolute Gasteiger partial charge is 0.396 e. The molecule has 5 heteroatoms. The third kappa shape index (κ3) is 13.9. The molecule has 3 rings (SSSR count). The van der Waals surface area contributed by atoms with Gasteiger partial charge in [-0.25, -0.2) is 4.98 Å². The number of pyridine rings is 1. The van der Waals surface area contributed by atoms with Crippen LogP contribution in [0.5, 0.6) is 0 Å². The predicted octanol–water partition coefficient (Wildman–Crippen LogP) is 8.40. The van der Waals surface area contributed by atoms with Crippen LogP contribution in [0.15, 0.2) is 60.9 Å². The Labute approximate surface area is 223 Å². The number of hydrogen-bond donors (Lipinski definition) is 2. The van der Waals surface area contributed by atoms with Crippen molar-refractivity contribution in [2.75, 3.05) is 6.61 Å². The number of carbonyl (C=O) groups is 1. The van der Waals surface area contributed by atoms with Crippen molar-refractivity contribution in [3.8, 4) is 0 Å². The van der Waals surface area contributed by atoms with Crippen LogP contribution < -0.4 is 0 Å². The fourth-order valence-electron chi connectivity index (χ4n) is 4.24. The van der Waals surface area contributed by atoms with Crippen molar-refractivity contribution in [2.45, 2.75) is 103 Å². The number of aromatic nitrogens is 3. The molecule has 202 valence electrons. The number of benzene rings is 1. The molecule has 0 spiro atoms. The highest BCUT2D eigenvalue weighted by molar-refractivity contribution is 5.94. The van der Waals surface area contributed by atoms with Crippen LogP contribution in [0.1, 0.15) is 113 Å². The standard InChI is InChI=1S/C23H40N2O2.C9H7N/c1-2-3-4-5-6-7-8-9-10-11-12-13-14-15-16-17-22(27)21-20-24-23(25-21)18-19-26;1-2-6-9-8(4-1)5-3-7-10-9/h9-10,20,26H,2-8,11-19H2,1H3,(H,24,25);1-7H/b10-9-;. The number of Topliss-reactive ketones (excluding diaryl/α,β-unsaturated/α-hetero) is 1. The molecule has 0 aliphatic rings. The van der Waals surface area contributed by atoms with Crippen LogP contribution in [-0.4, -0.2) is 32.4 Å². The molecule has 0 aliphatic carbocycles. The van der Waals surface area contributed by atoms with Crippen molar-refractivity contribution in [2.24, 2.45) is 0 Å². The van der Waals surface area contributed by atoms with Crippen LogP contribution in [0.3, 0.4) is 0 Å². The molecular weight excluding hydrogens is 458 g/mol. The van der Waals surface area contributed by atoms with Gasteiger partial charge in [-0.1, -0.05) is 94.7 Å². The molecule has 2 N–H and O–H groups in total. The lowest BCUT2D eigenvalue weighted by atomic mass is 10.1. The van der Waals surface area contributed by atoms with E-state index in [1.807, 2.05) is 30.5 Å². The molecule has 2 heterocycles. The fourth-order valence-corrected chi connectivity index (χ4v) is 4.24. The lowest BCUT2D eigenvalue weighted by Gasteiger charge is -2.00. The second kappa shape index (κ2) is 20.3. The maximum Gasteiger partial charge on any atom is 0.180 e.